The Morgan fingerprint density at radius 3 is 2.30 bits per heavy atom. The van der Waals surface area contributed by atoms with Crippen molar-refractivity contribution < 1.29 is 22.7 Å². The number of benzene rings is 1. The Bertz CT molecular complexity index is 758. The van der Waals surface area contributed by atoms with E-state index in [1.807, 2.05) is 13.8 Å². The highest BCUT2D eigenvalue weighted by Crippen LogP contribution is 2.31. The van der Waals surface area contributed by atoms with Crippen molar-refractivity contribution >= 4 is 15.9 Å². The van der Waals surface area contributed by atoms with E-state index in [4.69, 9.17) is 15.2 Å². The predicted molar refractivity (Wildman–Crippen MR) is 102 cm³/mol. The van der Waals surface area contributed by atoms with Gasteiger partial charge in [0.05, 0.1) is 25.2 Å². The number of nitrogens with one attached hydrogen (secondary N) is 1. The minimum absolute atomic E-state index is 0.0514. The molecule has 0 aromatic heterocycles. The molecule has 2 rings (SSSR count). The van der Waals surface area contributed by atoms with E-state index in [2.05, 4.69) is 5.32 Å². The summed E-state index contributed by atoms with van der Waals surface area (Å²) in [4.78, 5) is 12.2. The zero-order valence-electron chi connectivity index (χ0n) is 16.3. The van der Waals surface area contributed by atoms with Gasteiger partial charge in [-0.05, 0) is 30.9 Å². The van der Waals surface area contributed by atoms with Gasteiger partial charge in [0.25, 0.3) is 0 Å². The maximum absolute atomic E-state index is 12.9. The average molecular weight is 400 g/mol. The summed E-state index contributed by atoms with van der Waals surface area (Å²) >= 11 is 0. The quantitative estimate of drug-likeness (QED) is 0.706. The Balaban J connectivity index is 2.03. The van der Waals surface area contributed by atoms with Crippen molar-refractivity contribution in [2.75, 3.05) is 27.3 Å². The van der Waals surface area contributed by atoms with Gasteiger partial charge in [-0.2, -0.15) is 4.31 Å². The van der Waals surface area contributed by atoms with Gasteiger partial charge in [-0.25, -0.2) is 8.42 Å². The molecule has 0 aliphatic carbocycles. The molecule has 8 nitrogen and oxygen atoms in total. The van der Waals surface area contributed by atoms with Crippen LogP contribution in [0.5, 0.6) is 11.5 Å². The highest BCUT2D eigenvalue weighted by Gasteiger charge is 2.31. The molecular formula is C18H29N3O5S. The van der Waals surface area contributed by atoms with Gasteiger partial charge in [0.2, 0.25) is 15.9 Å². The first-order valence-corrected chi connectivity index (χ1v) is 10.4. The van der Waals surface area contributed by atoms with Crippen LogP contribution in [0.1, 0.15) is 26.7 Å². The number of rotatable bonds is 7. The summed E-state index contributed by atoms with van der Waals surface area (Å²) in [7, 11) is -0.682. The topological polar surface area (TPSA) is 111 Å². The molecule has 0 spiro atoms. The number of sulfonamides is 1. The van der Waals surface area contributed by atoms with Gasteiger partial charge in [-0.15, -0.1) is 0 Å². The third-order valence-electron chi connectivity index (χ3n) is 4.81. The SMILES string of the molecule is COc1ccc(S(=O)(=O)N2CCC(NC(=O)[C@@H](N)C(C)C)CC2)cc1OC. The molecular weight excluding hydrogens is 370 g/mol. The highest BCUT2D eigenvalue weighted by molar-refractivity contribution is 7.89. The number of piperidine rings is 1. The van der Waals surface area contributed by atoms with Crippen LogP contribution in [0.2, 0.25) is 0 Å². The molecule has 1 fully saturated rings. The lowest BCUT2D eigenvalue weighted by atomic mass is 10.0. The van der Waals surface area contributed by atoms with Gasteiger partial charge >= 0.3 is 0 Å². The number of hydrogen-bond acceptors (Lipinski definition) is 6. The fourth-order valence-electron chi connectivity index (χ4n) is 2.97. The number of carbonyl (C=O) groups is 1. The van der Waals surface area contributed by atoms with Crippen molar-refractivity contribution in [2.45, 2.75) is 43.7 Å². The second-order valence-corrected chi connectivity index (χ2v) is 8.91. The summed E-state index contributed by atoms with van der Waals surface area (Å²) in [6.07, 6.45) is 1.09. The van der Waals surface area contributed by atoms with E-state index in [0.29, 0.717) is 37.4 Å². The maximum Gasteiger partial charge on any atom is 0.243 e. The Morgan fingerprint density at radius 1 is 1.19 bits per heavy atom. The van der Waals surface area contributed by atoms with Crippen LogP contribution in [0.4, 0.5) is 0 Å². The van der Waals surface area contributed by atoms with Gasteiger partial charge in [0.15, 0.2) is 11.5 Å². The molecule has 0 unspecified atom stereocenters. The van der Waals surface area contributed by atoms with Crippen molar-refractivity contribution in [3.8, 4) is 11.5 Å². The molecule has 0 saturated carbocycles. The summed E-state index contributed by atoms with van der Waals surface area (Å²) in [5.41, 5.74) is 5.86. The van der Waals surface area contributed by atoms with E-state index in [1.54, 1.807) is 6.07 Å². The lowest BCUT2D eigenvalue weighted by molar-refractivity contribution is -0.124. The normalized spacial score (nSPS) is 17.6. The monoisotopic (exact) mass is 399 g/mol. The van der Waals surface area contributed by atoms with E-state index in [0.717, 1.165) is 0 Å². The molecule has 1 aromatic rings. The van der Waals surface area contributed by atoms with E-state index in [-0.39, 0.29) is 22.8 Å². The van der Waals surface area contributed by atoms with Gasteiger partial charge in [-0.3, -0.25) is 4.79 Å². The number of hydrogen-bond donors (Lipinski definition) is 2. The molecule has 1 aliphatic heterocycles. The molecule has 1 aliphatic rings. The van der Waals surface area contributed by atoms with Gasteiger partial charge < -0.3 is 20.5 Å². The van der Waals surface area contributed by atoms with Crippen LogP contribution in [-0.4, -0.2) is 58.0 Å². The fourth-order valence-corrected chi connectivity index (χ4v) is 4.45. The number of carbonyl (C=O) groups excluding carboxylic acids is 1. The van der Waals surface area contributed by atoms with Crippen LogP contribution >= 0.6 is 0 Å². The Labute approximate surface area is 161 Å². The molecule has 1 saturated heterocycles. The van der Waals surface area contributed by atoms with Crippen LogP contribution in [0.15, 0.2) is 23.1 Å². The zero-order valence-corrected chi connectivity index (χ0v) is 17.1. The van der Waals surface area contributed by atoms with Crippen molar-refractivity contribution in [3.05, 3.63) is 18.2 Å². The minimum Gasteiger partial charge on any atom is -0.493 e. The number of nitrogens with two attached hydrogens (primary N) is 1. The first-order chi connectivity index (χ1) is 12.7. The molecule has 0 bridgehead atoms. The molecule has 1 heterocycles. The smallest absolute Gasteiger partial charge is 0.243 e. The molecule has 9 heteroatoms. The van der Waals surface area contributed by atoms with Gasteiger partial charge in [-0.1, -0.05) is 13.8 Å². The standard InChI is InChI=1S/C18H29N3O5S/c1-12(2)17(19)18(22)20-13-7-9-21(10-8-13)27(23,24)14-5-6-15(25-3)16(11-14)26-4/h5-6,11-13,17H,7-10,19H2,1-4H3,(H,20,22)/t17-/m0/s1. The van der Waals surface area contributed by atoms with E-state index in [9.17, 15) is 13.2 Å². The number of ether oxygens (including phenoxy) is 2. The highest BCUT2D eigenvalue weighted by atomic mass is 32.2. The van der Waals surface area contributed by atoms with E-state index < -0.39 is 16.1 Å². The third-order valence-corrected chi connectivity index (χ3v) is 6.71. The second kappa shape index (κ2) is 8.90. The molecule has 152 valence electrons. The lowest BCUT2D eigenvalue weighted by Gasteiger charge is -2.32. The summed E-state index contributed by atoms with van der Waals surface area (Å²) in [6.45, 7) is 4.45. The van der Waals surface area contributed by atoms with Gasteiger partial charge in [0.1, 0.15) is 0 Å². The molecule has 1 atom stereocenters. The zero-order chi connectivity index (χ0) is 20.2. The summed E-state index contributed by atoms with van der Waals surface area (Å²) in [5, 5.41) is 2.92. The van der Waals surface area contributed by atoms with Crippen LogP contribution < -0.4 is 20.5 Å². The minimum atomic E-state index is -3.64. The summed E-state index contributed by atoms with van der Waals surface area (Å²) in [5.74, 6) is 0.699. The average Bonchev–Trinajstić information content (AvgIpc) is 2.66. The molecule has 1 amide bonds. The van der Waals surface area contributed by atoms with Crippen LogP contribution in [0, 0.1) is 5.92 Å². The van der Waals surface area contributed by atoms with E-state index >= 15 is 0 Å². The number of methoxy groups -OCH3 is 2. The summed E-state index contributed by atoms with van der Waals surface area (Å²) in [6, 6.07) is 3.92. The van der Waals surface area contributed by atoms with Crippen molar-refractivity contribution in [1.29, 1.82) is 0 Å². The summed E-state index contributed by atoms with van der Waals surface area (Å²) < 4.78 is 37.6. The third kappa shape index (κ3) is 4.91. The van der Waals surface area contributed by atoms with E-state index in [1.165, 1.54) is 30.7 Å². The Kier molecular flexibility index (Phi) is 7.07. The molecule has 3 N–H and O–H groups in total. The Hall–Kier alpha value is -1.84. The lowest BCUT2D eigenvalue weighted by Crippen LogP contribution is -2.51. The molecule has 0 radical (unpaired) electrons. The van der Waals surface area contributed by atoms with Gasteiger partial charge in [0, 0.05) is 25.2 Å². The maximum atomic E-state index is 12.9. The number of amides is 1. The first kappa shape index (κ1) is 21.5. The largest absolute Gasteiger partial charge is 0.493 e. The van der Waals surface area contributed by atoms with Crippen molar-refractivity contribution in [1.82, 2.24) is 9.62 Å². The van der Waals surface area contributed by atoms with Crippen LogP contribution in [-0.2, 0) is 14.8 Å². The van der Waals surface area contributed by atoms with Crippen molar-refractivity contribution in [2.24, 2.45) is 11.7 Å². The number of nitrogens with zero attached hydrogens (tertiary/aromatic N) is 1. The fraction of sp³-hybridized carbons (Fsp3) is 0.611. The van der Waals surface area contributed by atoms with Crippen LogP contribution in [0.3, 0.4) is 0 Å². The Morgan fingerprint density at radius 2 is 1.78 bits per heavy atom. The predicted octanol–water partition coefficient (Wildman–Crippen LogP) is 0.956. The molecule has 1 aromatic carbocycles. The molecule has 27 heavy (non-hydrogen) atoms. The van der Waals surface area contributed by atoms with Crippen molar-refractivity contribution in [3.63, 3.8) is 0 Å². The first-order valence-electron chi connectivity index (χ1n) is 8.98. The second-order valence-electron chi connectivity index (χ2n) is 6.97. The van der Waals surface area contributed by atoms with Crippen LogP contribution in [0.25, 0.3) is 0 Å².